The largest absolute Gasteiger partial charge is 0.465 e. The highest BCUT2D eigenvalue weighted by molar-refractivity contribution is 7.20. The second-order valence-electron chi connectivity index (χ2n) is 8.83. The van der Waals surface area contributed by atoms with Gasteiger partial charge in [0.25, 0.3) is 0 Å². The second kappa shape index (κ2) is 9.96. The first-order chi connectivity index (χ1) is 15.1. The van der Waals surface area contributed by atoms with Gasteiger partial charge in [0.15, 0.2) is 0 Å². The summed E-state index contributed by atoms with van der Waals surface area (Å²) in [5.41, 5.74) is 1.55. The molecule has 1 saturated carbocycles. The predicted molar refractivity (Wildman–Crippen MR) is 126 cm³/mol. The number of nitrogens with one attached hydrogen (secondary N) is 1. The fourth-order valence-electron chi connectivity index (χ4n) is 4.78. The van der Waals surface area contributed by atoms with Crippen molar-refractivity contribution in [3.63, 3.8) is 0 Å². The van der Waals surface area contributed by atoms with Crippen molar-refractivity contribution >= 4 is 28.2 Å². The molecule has 166 valence electrons. The third kappa shape index (κ3) is 4.85. The molecule has 1 N–H and O–H groups in total. The molecule has 1 aliphatic carbocycles. The van der Waals surface area contributed by atoms with Gasteiger partial charge >= 0.3 is 5.97 Å². The molecule has 2 heterocycles. The summed E-state index contributed by atoms with van der Waals surface area (Å²) in [4.78, 5) is 29.6. The molecule has 0 spiro atoms. The molecular weight excluding hydrogens is 408 g/mol. The van der Waals surface area contributed by atoms with Gasteiger partial charge in [0, 0.05) is 16.8 Å². The molecule has 4 rings (SSSR count). The highest BCUT2D eigenvalue weighted by atomic mass is 32.1. The smallest absolute Gasteiger partial charge is 0.340 e. The minimum absolute atomic E-state index is 0.0406. The van der Waals surface area contributed by atoms with E-state index < -0.39 is 0 Å². The summed E-state index contributed by atoms with van der Waals surface area (Å²) < 4.78 is 5.12. The van der Waals surface area contributed by atoms with Crippen molar-refractivity contribution in [2.45, 2.75) is 51.5 Å². The molecule has 1 aromatic heterocycles. The van der Waals surface area contributed by atoms with Crippen LogP contribution in [-0.2, 0) is 9.53 Å². The number of anilines is 1. The van der Waals surface area contributed by atoms with E-state index in [0.717, 1.165) is 67.1 Å². The number of hydrogen-bond acceptors (Lipinski definition) is 5. The van der Waals surface area contributed by atoms with Crippen LogP contribution in [0.2, 0.25) is 0 Å². The number of rotatable bonds is 5. The van der Waals surface area contributed by atoms with E-state index in [1.54, 1.807) is 0 Å². The van der Waals surface area contributed by atoms with Crippen LogP contribution in [0.25, 0.3) is 10.4 Å². The number of ether oxygens (including phenoxy) is 1. The SMILES string of the molecule is COC(=O)c1cc(-c2ccccc2)sc1N(C(=O)[C@H]1CC[C@H](C)CC1)C1CCNCC1. The number of thiophene rings is 1. The molecule has 0 radical (unpaired) electrons. The Hall–Kier alpha value is -2.18. The fourth-order valence-corrected chi connectivity index (χ4v) is 6.00. The van der Waals surface area contributed by atoms with Gasteiger partial charge in [-0.3, -0.25) is 9.69 Å². The van der Waals surface area contributed by atoms with Crippen LogP contribution < -0.4 is 10.2 Å². The molecule has 2 fully saturated rings. The van der Waals surface area contributed by atoms with Gasteiger partial charge in [-0.1, -0.05) is 37.3 Å². The van der Waals surface area contributed by atoms with E-state index in [1.807, 2.05) is 41.3 Å². The number of nitrogens with zero attached hydrogens (tertiary/aromatic N) is 1. The average molecular weight is 441 g/mol. The molecule has 31 heavy (non-hydrogen) atoms. The summed E-state index contributed by atoms with van der Waals surface area (Å²) in [6.07, 6.45) is 5.86. The minimum Gasteiger partial charge on any atom is -0.465 e. The first kappa shape index (κ1) is 22.0. The Balaban J connectivity index is 1.75. The van der Waals surface area contributed by atoms with Gasteiger partial charge in [0.2, 0.25) is 5.91 Å². The predicted octanol–water partition coefficient (Wildman–Crippen LogP) is 5.11. The van der Waals surface area contributed by atoms with Gasteiger partial charge in [0.1, 0.15) is 5.00 Å². The molecule has 1 aromatic carbocycles. The van der Waals surface area contributed by atoms with E-state index in [-0.39, 0.29) is 23.8 Å². The highest BCUT2D eigenvalue weighted by Gasteiger charge is 2.36. The number of amides is 1. The third-order valence-electron chi connectivity index (χ3n) is 6.67. The Kier molecular flexibility index (Phi) is 7.08. The lowest BCUT2D eigenvalue weighted by atomic mass is 9.82. The molecule has 1 amide bonds. The number of benzene rings is 1. The lowest BCUT2D eigenvalue weighted by molar-refractivity contribution is -0.124. The van der Waals surface area contributed by atoms with Gasteiger partial charge in [-0.2, -0.15) is 0 Å². The van der Waals surface area contributed by atoms with Gasteiger partial charge in [-0.15, -0.1) is 11.3 Å². The van der Waals surface area contributed by atoms with Crippen LogP contribution >= 0.6 is 11.3 Å². The zero-order valence-corrected chi connectivity index (χ0v) is 19.2. The Morgan fingerprint density at radius 2 is 1.71 bits per heavy atom. The molecule has 2 aromatic rings. The third-order valence-corrected chi connectivity index (χ3v) is 7.85. The summed E-state index contributed by atoms with van der Waals surface area (Å²) in [6.45, 7) is 4.05. The number of carbonyl (C=O) groups excluding carboxylic acids is 2. The van der Waals surface area contributed by atoms with Crippen LogP contribution in [0, 0.1) is 11.8 Å². The number of hydrogen-bond donors (Lipinski definition) is 1. The number of methoxy groups -OCH3 is 1. The lowest BCUT2D eigenvalue weighted by Crippen LogP contribution is -2.49. The molecule has 2 aliphatic rings. The van der Waals surface area contributed by atoms with Crippen LogP contribution in [0.1, 0.15) is 55.8 Å². The van der Waals surface area contributed by atoms with Crippen molar-refractivity contribution in [2.75, 3.05) is 25.1 Å². The number of esters is 1. The first-order valence-corrected chi connectivity index (χ1v) is 12.2. The lowest BCUT2D eigenvalue weighted by Gasteiger charge is -2.37. The Morgan fingerprint density at radius 1 is 1.03 bits per heavy atom. The molecule has 5 nitrogen and oxygen atoms in total. The van der Waals surface area contributed by atoms with Gasteiger partial charge in [0.05, 0.1) is 12.7 Å². The van der Waals surface area contributed by atoms with Crippen LogP contribution in [0.3, 0.4) is 0 Å². The zero-order valence-electron chi connectivity index (χ0n) is 18.4. The molecular formula is C25H32N2O3S. The summed E-state index contributed by atoms with van der Waals surface area (Å²) in [7, 11) is 1.41. The zero-order chi connectivity index (χ0) is 21.8. The second-order valence-corrected chi connectivity index (χ2v) is 9.86. The van der Waals surface area contributed by atoms with E-state index in [1.165, 1.54) is 18.4 Å². The summed E-state index contributed by atoms with van der Waals surface area (Å²) in [5, 5.41) is 4.15. The van der Waals surface area contributed by atoms with Crippen molar-refractivity contribution < 1.29 is 14.3 Å². The van der Waals surface area contributed by atoms with Crippen molar-refractivity contribution in [1.29, 1.82) is 0 Å². The van der Waals surface area contributed by atoms with Gasteiger partial charge < -0.3 is 10.1 Å². The van der Waals surface area contributed by atoms with E-state index >= 15 is 0 Å². The standard InChI is InChI=1S/C25H32N2O3S/c1-17-8-10-19(11-9-17)23(28)27(20-12-14-26-15-13-20)24-21(25(29)30-2)16-22(31-24)18-6-4-3-5-7-18/h3-7,16-17,19-20,26H,8-15H2,1-2H3/t17-,19-. The summed E-state index contributed by atoms with van der Waals surface area (Å²) in [6, 6.07) is 12.0. The quantitative estimate of drug-likeness (QED) is 0.656. The highest BCUT2D eigenvalue weighted by Crippen LogP contribution is 2.42. The van der Waals surface area contributed by atoms with Crippen LogP contribution in [0.15, 0.2) is 36.4 Å². The maximum absolute atomic E-state index is 13.9. The number of piperidine rings is 1. The Labute approximate surface area is 188 Å². The van der Waals surface area contributed by atoms with Gasteiger partial charge in [-0.05, 0) is 69.2 Å². The maximum atomic E-state index is 13.9. The monoisotopic (exact) mass is 440 g/mol. The van der Waals surface area contributed by atoms with Crippen molar-refractivity contribution in [1.82, 2.24) is 5.32 Å². The minimum atomic E-state index is -0.377. The molecule has 6 heteroatoms. The van der Waals surface area contributed by atoms with Crippen molar-refractivity contribution in [3.05, 3.63) is 42.0 Å². The van der Waals surface area contributed by atoms with Crippen molar-refractivity contribution in [3.8, 4) is 10.4 Å². The maximum Gasteiger partial charge on any atom is 0.340 e. The molecule has 0 bridgehead atoms. The van der Waals surface area contributed by atoms with E-state index in [4.69, 9.17) is 4.74 Å². The van der Waals surface area contributed by atoms with Crippen LogP contribution in [-0.4, -0.2) is 38.1 Å². The molecule has 1 aliphatic heterocycles. The van der Waals surface area contributed by atoms with Crippen LogP contribution in [0.4, 0.5) is 5.00 Å². The molecule has 0 unspecified atom stereocenters. The van der Waals surface area contributed by atoms with E-state index in [9.17, 15) is 9.59 Å². The summed E-state index contributed by atoms with van der Waals surface area (Å²) >= 11 is 1.53. The fraction of sp³-hybridized carbons (Fsp3) is 0.520. The average Bonchev–Trinajstić information content (AvgIpc) is 3.25. The summed E-state index contributed by atoms with van der Waals surface area (Å²) in [5.74, 6) is 0.537. The van der Waals surface area contributed by atoms with Crippen LogP contribution in [0.5, 0.6) is 0 Å². The number of carbonyl (C=O) groups is 2. The van der Waals surface area contributed by atoms with Crippen molar-refractivity contribution in [2.24, 2.45) is 11.8 Å². The van der Waals surface area contributed by atoms with Gasteiger partial charge in [-0.25, -0.2) is 4.79 Å². The first-order valence-electron chi connectivity index (χ1n) is 11.4. The Morgan fingerprint density at radius 3 is 2.35 bits per heavy atom. The molecule has 1 saturated heterocycles. The molecule has 0 atom stereocenters. The van der Waals surface area contributed by atoms with E-state index in [0.29, 0.717) is 11.5 Å². The van der Waals surface area contributed by atoms with E-state index in [2.05, 4.69) is 12.2 Å². The normalized spacial score (nSPS) is 22.1. The topological polar surface area (TPSA) is 58.6 Å². The Bertz CT molecular complexity index is 897.